The third-order valence-electron chi connectivity index (χ3n) is 2.04. The van der Waals surface area contributed by atoms with Crippen molar-refractivity contribution >= 4 is 34.0 Å². The van der Waals surface area contributed by atoms with Crippen LogP contribution in [0.2, 0.25) is 5.02 Å². The molecule has 5 nitrogen and oxygen atoms in total. The Balaban J connectivity index is 0.00000289. The minimum atomic E-state index is -3.60. The lowest BCUT2D eigenvalue weighted by molar-refractivity contribution is 0.579. The number of nitriles is 1. The van der Waals surface area contributed by atoms with E-state index in [1.165, 1.54) is 18.2 Å². The molecule has 0 fully saturated rings. The van der Waals surface area contributed by atoms with Crippen molar-refractivity contribution in [2.75, 3.05) is 13.1 Å². The van der Waals surface area contributed by atoms with Gasteiger partial charge in [-0.25, -0.2) is 13.1 Å². The van der Waals surface area contributed by atoms with Gasteiger partial charge in [0.15, 0.2) is 0 Å². The number of hydrogen-bond acceptors (Lipinski definition) is 4. The van der Waals surface area contributed by atoms with Gasteiger partial charge < -0.3 is 5.73 Å². The van der Waals surface area contributed by atoms with E-state index in [1.807, 2.05) is 6.07 Å². The Morgan fingerprint density at radius 2 is 2.11 bits per heavy atom. The molecule has 0 radical (unpaired) electrons. The van der Waals surface area contributed by atoms with Crippen molar-refractivity contribution in [3.05, 3.63) is 28.8 Å². The van der Waals surface area contributed by atoms with E-state index in [4.69, 9.17) is 22.6 Å². The molecule has 0 saturated carbocycles. The van der Waals surface area contributed by atoms with Crippen molar-refractivity contribution in [3.63, 3.8) is 0 Å². The van der Waals surface area contributed by atoms with Gasteiger partial charge in [0.25, 0.3) is 0 Å². The van der Waals surface area contributed by atoms with Gasteiger partial charge in [0.1, 0.15) is 6.07 Å². The summed E-state index contributed by atoms with van der Waals surface area (Å²) in [6.45, 7) is 0.677. The Labute approximate surface area is 117 Å². The molecule has 0 aliphatic rings. The van der Waals surface area contributed by atoms with Gasteiger partial charge in [0.2, 0.25) is 10.0 Å². The van der Waals surface area contributed by atoms with E-state index in [2.05, 4.69) is 4.72 Å². The van der Waals surface area contributed by atoms with Gasteiger partial charge in [-0.05, 0) is 31.2 Å². The summed E-state index contributed by atoms with van der Waals surface area (Å²) < 4.78 is 26.0. The maximum atomic E-state index is 11.8. The first-order valence-electron chi connectivity index (χ1n) is 4.90. The maximum absolute atomic E-state index is 11.8. The van der Waals surface area contributed by atoms with E-state index in [9.17, 15) is 8.42 Å². The Morgan fingerprint density at radius 3 is 2.67 bits per heavy atom. The van der Waals surface area contributed by atoms with E-state index in [1.54, 1.807) is 0 Å². The van der Waals surface area contributed by atoms with Crippen LogP contribution in [0.1, 0.15) is 12.0 Å². The summed E-state index contributed by atoms with van der Waals surface area (Å²) in [5.74, 6) is 0. The van der Waals surface area contributed by atoms with Crippen LogP contribution in [-0.2, 0) is 10.0 Å². The van der Waals surface area contributed by atoms with Crippen LogP contribution in [0.4, 0.5) is 0 Å². The molecule has 0 unspecified atom stereocenters. The molecule has 3 N–H and O–H groups in total. The Kier molecular flexibility index (Phi) is 7.21. The van der Waals surface area contributed by atoms with Gasteiger partial charge >= 0.3 is 0 Å². The molecule has 0 aliphatic carbocycles. The fraction of sp³-hybridized carbons (Fsp3) is 0.300. The van der Waals surface area contributed by atoms with Gasteiger partial charge in [-0.3, -0.25) is 0 Å². The highest BCUT2D eigenvalue weighted by atomic mass is 35.5. The third-order valence-corrected chi connectivity index (χ3v) is 3.83. The molecule has 18 heavy (non-hydrogen) atoms. The van der Waals surface area contributed by atoms with Crippen LogP contribution in [-0.4, -0.2) is 21.5 Å². The molecule has 0 saturated heterocycles. The molecule has 1 aromatic carbocycles. The van der Waals surface area contributed by atoms with E-state index < -0.39 is 10.0 Å². The molecule has 8 heteroatoms. The van der Waals surface area contributed by atoms with Gasteiger partial charge in [0, 0.05) is 6.54 Å². The van der Waals surface area contributed by atoms with E-state index in [-0.39, 0.29) is 34.4 Å². The topological polar surface area (TPSA) is 96.0 Å². The van der Waals surface area contributed by atoms with Crippen molar-refractivity contribution in [1.82, 2.24) is 4.72 Å². The van der Waals surface area contributed by atoms with E-state index in [0.29, 0.717) is 13.0 Å². The largest absolute Gasteiger partial charge is 0.330 e. The van der Waals surface area contributed by atoms with Crippen LogP contribution in [0.15, 0.2) is 23.1 Å². The molecule has 0 spiro atoms. The van der Waals surface area contributed by atoms with E-state index in [0.717, 1.165) is 0 Å². The van der Waals surface area contributed by atoms with E-state index >= 15 is 0 Å². The van der Waals surface area contributed by atoms with Crippen LogP contribution in [0.25, 0.3) is 0 Å². The van der Waals surface area contributed by atoms with Crippen molar-refractivity contribution in [2.24, 2.45) is 5.73 Å². The average molecular weight is 310 g/mol. The molecular weight excluding hydrogens is 297 g/mol. The second-order valence-corrected chi connectivity index (χ2v) is 5.47. The van der Waals surface area contributed by atoms with Crippen molar-refractivity contribution < 1.29 is 8.42 Å². The van der Waals surface area contributed by atoms with Crippen molar-refractivity contribution in [2.45, 2.75) is 11.3 Å². The van der Waals surface area contributed by atoms with Crippen molar-refractivity contribution in [3.8, 4) is 6.07 Å². The summed E-state index contributed by atoms with van der Waals surface area (Å²) in [6.07, 6.45) is 0.553. The lowest BCUT2D eigenvalue weighted by Crippen LogP contribution is -2.26. The Morgan fingerprint density at radius 1 is 1.44 bits per heavy atom. The van der Waals surface area contributed by atoms with Crippen LogP contribution in [0.3, 0.4) is 0 Å². The number of sulfonamides is 1. The van der Waals surface area contributed by atoms with Gasteiger partial charge in [0.05, 0.1) is 15.5 Å². The highest BCUT2D eigenvalue weighted by Crippen LogP contribution is 2.19. The lowest BCUT2D eigenvalue weighted by Gasteiger charge is -2.06. The molecule has 1 rings (SSSR count). The lowest BCUT2D eigenvalue weighted by atomic mass is 10.2. The second kappa shape index (κ2) is 7.56. The maximum Gasteiger partial charge on any atom is 0.240 e. The molecule has 0 aliphatic heterocycles. The SMILES string of the molecule is Cl.N#Cc1cc(S(=O)(=O)NCCCN)ccc1Cl. The molecular formula is C10H13Cl2N3O2S. The zero-order valence-corrected chi connectivity index (χ0v) is 11.8. The molecule has 0 atom stereocenters. The minimum absolute atomic E-state index is 0. The zero-order valence-electron chi connectivity index (χ0n) is 9.39. The number of nitrogens with one attached hydrogen (secondary N) is 1. The molecule has 1 aromatic rings. The number of benzene rings is 1. The Bertz CT molecular complexity index is 541. The monoisotopic (exact) mass is 309 g/mol. The quantitative estimate of drug-likeness (QED) is 0.800. The first-order valence-corrected chi connectivity index (χ1v) is 6.77. The zero-order chi connectivity index (χ0) is 12.9. The van der Waals surface area contributed by atoms with Crippen LogP contribution >= 0.6 is 24.0 Å². The first kappa shape index (κ1) is 17.2. The predicted octanol–water partition coefficient (Wildman–Crippen LogP) is 1.26. The summed E-state index contributed by atoms with van der Waals surface area (Å²) in [6, 6.07) is 5.82. The van der Waals surface area contributed by atoms with Crippen molar-refractivity contribution in [1.29, 1.82) is 5.26 Å². The minimum Gasteiger partial charge on any atom is -0.330 e. The highest BCUT2D eigenvalue weighted by molar-refractivity contribution is 7.89. The van der Waals surface area contributed by atoms with Crippen LogP contribution < -0.4 is 10.5 Å². The van der Waals surface area contributed by atoms with Gasteiger partial charge in [-0.1, -0.05) is 11.6 Å². The fourth-order valence-corrected chi connectivity index (χ4v) is 2.41. The number of nitrogens with two attached hydrogens (primary N) is 1. The summed E-state index contributed by atoms with van der Waals surface area (Å²) in [5, 5.41) is 8.99. The number of rotatable bonds is 5. The highest BCUT2D eigenvalue weighted by Gasteiger charge is 2.14. The first-order chi connectivity index (χ1) is 8.01. The summed E-state index contributed by atoms with van der Waals surface area (Å²) in [5.41, 5.74) is 5.40. The molecule has 0 amide bonds. The molecule has 0 heterocycles. The number of halogens is 2. The number of nitrogens with zero attached hydrogens (tertiary/aromatic N) is 1. The Hall–Kier alpha value is -0.840. The van der Waals surface area contributed by atoms with Gasteiger partial charge in [-0.15, -0.1) is 12.4 Å². The smallest absolute Gasteiger partial charge is 0.240 e. The summed E-state index contributed by atoms with van der Waals surface area (Å²) in [7, 11) is -3.60. The second-order valence-electron chi connectivity index (χ2n) is 3.29. The normalized spacial score (nSPS) is 10.5. The number of hydrogen-bond donors (Lipinski definition) is 2. The fourth-order valence-electron chi connectivity index (χ4n) is 1.15. The summed E-state index contributed by atoms with van der Waals surface area (Å²) >= 11 is 5.72. The van der Waals surface area contributed by atoms with Crippen LogP contribution in [0, 0.1) is 11.3 Å². The predicted molar refractivity (Wildman–Crippen MR) is 72.3 cm³/mol. The van der Waals surface area contributed by atoms with Crippen LogP contribution in [0.5, 0.6) is 0 Å². The molecule has 0 aromatic heterocycles. The molecule has 0 bridgehead atoms. The average Bonchev–Trinajstić information content (AvgIpc) is 2.29. The standard InChI is InChI=1S/C10H12ClN3O2S.ClH/c11-10-3-2-9(6-8(10)7-13)17(15,16)14-5-1-4-12;/h2-3,6,14H,1,4-5,12H2;1H. The third kappa shape index (κ3) is 4.44. The summed E-state index contributed by atoms with van der Waals surface area (Å²) in [4.78, 5) is 0.0236. The molecule has 100 valence electrons. The van der Waals surface area contributed by atoms with Gasteiger partial charge in [-0.2, -0.15) is 5.26 Å².